The van der Waals surface area contributed by atoms with Gasteiger partial charge in [-0.15, -0.1) is 0 Å². The second-order valence-corrected chi connectivity index (χ2v) is 5.02. The number of nitrogens with zero attached hydrogens (tertiary/aromatic N) is 1. The molecule has 0 aliphatic heterocycles. The zero-order chi connectivity index (χ0) is 12.0. The molecule has 1 aliphatic rings. The van der Waals surface area contributed by atoms with Gasteiger partial charge in [-0.3, -0.25) is 14.6 Å². The third-order valence-electron chi connectivity index (χ3n) is 3.17. The number of aromatic nitrogens is 2. The van der Waals surface area contributed by atoms with E-state index in [1.807, 2.05) is 29.8 Å². The van der Waals surface area contributed by atoms with Gasteiger partial charge in [-0.05, 0) is 37.5 Å². The first kappa shape index (κ1) is 10.7. The molecule has 0 amide bonds. The molecule has 4 heteroatoms. The summed E-state index contributed by atoms with van der Waals surface area (Å²) in [7, 11) is 0. The number of rotatable bonds is 2. The Morgan fingerprint density at radius 2 is 2.12 bits per heavy atom. The van der Waals surface area contributed by atoms with Crippen LogP contribution in [-0.4, -0.2) is 9.78 Å². The minimum Gasteiger partial charge on any atom is -0.268 e. The molecule has 17 heavy (non-hydrogen) atoms. The van der Waals surface area contributed by atoms with Crippen molar-refractivity contribution >= 4 is 11.6 Å². The predicted molar refractivity (Wildman–Crippen MR) is 68.1 cm³/mol. The summed E-state index contributed by atoms with van der Waals surface area (Å²) >= 11 is 6.02. The van der Waals surface area contributed by atoms with Gasteiger partial charge in [0.1, 0.15) is 0 Å². The van der Waals surface area contributed by atoms with Crippen molar-refractivity contribution in [1.82, 2.24) is 9.78 Å². The summed E-state index contributed by atoms with van der Waals surface area (Å²) in [6, 6.07) is 7.40. The minimum absolute atomic E-state index is 0.0497. The summed E-state index contributed by atoms with van der Waals surface area (Å²) in [4.78, 5) is 11.5. The lowest BCUT2D eigenvalue weighted by Crippen LogP contribution is -2.06. The Bertz CT molecular complexity index is 623. The molecule has 2 aromatic rings. The topological polar surface area (TPSA) is 37.8 Å². The van der Waals surface area contributed by atoms with Crippen LogP contribution in [-0.2, 0) is 0 Å². The van der Waals surface area contributed by atoms with E-state index in [4.69, 9.17) is 11.6 Å². The number of aromatic amines is 1. The Hall–Kier alpha value is -1.48. The molecule has 0 bridgehead atoms. The summed E-state index contributed by atoms with van der Waals surface area (Å²) in [6.45, 7) is 2.01. The number of halogens is 1. The Labute approximate surface area is 104 Å². The number of H-pyrrole nitrogens is 1. The smallest absolute Gasteiger partial charge is 0.264 e. The maximum absolute atomic E-state index is 11.5. The highest BCUT2D eigenvalue weighted by atomic mass is 35.5. The van der Waals surface area contributed by atoms with Crippen LogP contribution in [0.25, 0.3) is 5.69 Å². The van der Waals surface area contributed by atoms with Crippen LogP contribution in [0.15, 0.2) is 29.1 Å². The number of aryl methyl sites for hydroxylation is 1. The van der Waals surface area contributed by atoms with Gasteiger partial charge in [-0.25, -0.2) is 0 Å². The molecule has 1 fully saturated rings. The molecule has 1 heterocycles. The van der Waals surface area contributed by atoms with Crippen molar-refractivity contribution in [2.24, 2.45) is 0 Å². The Balaban J connectivity index is 2.20. The molecule has 1 N–H and O–H groups in total. The molecule has 1 aromatic carbocycles. The standard InChI is InChI=1S/C13H13ClN2O/c1-8-2-5-10(14)6-11(8)16-12(9-3-4-9)7-13(17)15-16/h2,5-7,9H,3-4H2,1H3,(H,15,17). The van der Waals surface area contributed by atoms with Crippen molar-refractivity contribution in [2.75, 3.05) is 0 Å². The molecular weight excluding hydrogens is 236 g/mol. The largest absolute Gasteiger partial charge is 0.268 e. The average molecular weight is 249 g/mol. The van der Waals surface area contributed by atoms with Gasteiger partial charge in [0.15, 0.2) is 0 Å². The van der Waals surface area contributed by atoms with Crippen molar-refractivity contribution in [3.63, 3.8) is 0 Å². The van der Waals surface area contributed by atoms with Gasteiger partial charge >= 0.3 is 0 Å². The molecule has 1 aromatic heterocycles. The fourth-order valence-corrected chi connectivity index (χ4v) is 2.27. The summed E-state index contributed by atoms with van der Waals surface area (Å²) in [5.41, 5.74) is 3.08. The van der Waals surface area contributed by atoms with E-state index < -0.39 is 0 Å². The highest BCUT2D eigenvalue weighted by Gasteiger charge is 2.28. The van der Waals surface area contributed by atoms with Crippen LogP contribution in [0.3, 0.4) is 0 Å². The maximum Gasteiger partial charge on any atom is 0.264 e. The predicted octanol–water partition coefficient (Wildman–Crippen LogP) is 3.00. The van der Waals surface area contributed by atoms with Gasteiger partial charge in [0.05, 0.1) is 5.69 Å². The second-order valence-electron chi connectivity index (χ2n) is 4.59. The number of hydrogen-bond acceptors (Lipinski definition) is 1. The summed E-state index contributed by atoms with van der Waals surface area (Å²) in [5.74, 6) is 0.521. The lowest BCUT2D eigenvalue weighted by atomic mass is 10.2. The monoisotopic (exact) mass is 248 g/mol. The van der Waals surface area contributed by atoms with Crippen LogP contribution < -0.4 is 5.56 Å². The number of hydrogen-bond donors (Lipinski definition) is 1. The van der Waals surface area contributed by atoms with Crippen LogP contribution >= 0.6 is 11.6 Å². The van der Waals surface area contributed by atoms with Crippen LogP contribution in [0.1, 0.15) is 30.0 Å². The third-order valence-corrected chi connectivity index (χ3v) is 3.40. The van der Waals surface area contributed by atoms with Crippen molar-refractivity contribution < 1.29 is 0 Å². The van der Waals surface area contributed by atoms with Crippen LogP contribution in [0.2, 0.25) is 5.02 Å². The Morgan fingerprint density at radius 1 is 1.35 bits per heavy atom. The summed E-state index contributed by atoms with van der Waals surface area (Å²) in [6.07, 6.45) is 2.33. The van der Waals surface area contributed by atoms with Crippen molar-refractivity contribution in [1.29, 1.82) is 0 Å². The van der Waals surface area contributed by atoms with Gasteiger partial charge in [0.25, 0.3) is 5.56 Å². The quantitative estimate of drug-likeness (QED) is 0.872. The molecule has 1 aliphatic carbocycles. The molecule has 1 saturated carbocycles. The van der Waals surface area contributed by atoms with E-state index >= 15 is 0 Å². The SMILES string of the molecule is Cc1ccc(Cl)cc1-n1[nH]c(=O)cc1C1CC1. The Morgan fingerprint density at radius 3 is 2.82 bits per heavy atom. The van der Waals surface area contributed by atoms with E-state index in [-0.39, 0.29) is 5.56 Å². The Kier molecular flexibility index (Phi) is 2.37. The minimum atomic E-state index is -0.0497. The van der Waals surface area contributed by atoms with Crippen molar-refractivity contribution in [3.05, 3.63) is 50.9 Å². The average Bonchev–Trinajstić information content (AvgIpc) is 3.06. The second kappa shape index (κ2) is 3.77. The third kappa shape index (κ3) is 1.91. The molecule has 88 valence electrons. The van der Waals surface area contributed by atoms with Gasteiger partial charge in [0, 0.05) is 22.7 Å². The summed E-state index contributed by atoms with van der Waals surface area (Å²) < 4.78 is 1.88. The van der Waals surface area contributed by atoms with Gasteiger partial charge in [-0.2, -0.15) is 0 Å². The highest BCUT2D eigenvalue weighted by Crippen LogP contribution is 2.40. The maximum atomic E-state index is 11.5. The van der Waals surface area contributed by atoms with E-state index in [9.17, 15) is 4.79 Å². The van der Waals surface area contributed by atoms with E-state index in [0.29, 0.717) is 10.9 Å². The van der Waals surface area contributed by atoms with Gasteiger partial charge in [0.2, 0.25) is 0 Å². The number of nitrogens with one attached hydrogen (secondary N) is 1. The molecule has 3 nitrogen and oxygen atoms in total. The van der Waals surface area contributed by atoms with E-state index in [1.54, 1.807) is 6.07 Å². The molecule has 0 atom stereocenters. The molecule has 0 saturated heterocycles. The van der Waals surface area contributed by atoms with E-state index in [2.05, 4.69) is 5.10 Å². The lowest BCUT2D eigenvalue weighted by molar-refractivity contribution is 0.795. The zero-order valence-corrected chi connectivity index (χ0v) is 10.3. The normalized spacial score (nSPS) is 15.2. The zero-order valence-electron chi connectivity index (χ0n) is 9.53. The van der Waals surface area contributed by atoms with Crippen LogP contribution in [0.4, 0.5) is 0 Å². The van der Waals surface area contributed by atoms with Crippen LogP contribution in [0.5, 0.6) is 0 Å². The summed E-state index contributed by atoms with van der Waals surface area (Å²) in [5, 5.41) is 3.54. The fraction of sp³-hybridized carbons (Fsp3) is 0.308. The van der Waals surface area contributed by atoms with Gasteiger partial charge < -0.3 is 0 Å². The first-order valence-electron chi connectivity index (χ1n) is 5.73. The van der Waals surface area contributed by atoms with E-state index in [0.717, 1.165) is 29.8 Å². The van der Waals surface area contributed by atoms with Crippen LogP contribution in [0, 0.1) is 6.92 Å². The lowest BCUT2D eigenvalue weighted by Gasteiger charge is -2.11. The molecule has 0 spiro atoms. The van der Waals surface area contributed by atoms with E-state index in [1.165, 1.54) is 0 Å². The van der Waals surface area contributed by atoms with Crippen molar-refractivity contribution in [3.8, 4) is 5.69 Å². The first-order valence-corrected chi connectivity index (χ1v) is 6.11. The molecule has 0 radical (unpaired) electrons. The molecule has 3 rings (SSSR count). The highest BCUT2D eigenvalue weighted by molar-refractivity contribution is 6.30. The van der Waals surface area contributed by atoms with Gasteiger partial charge in [-0.1, -0.05) is 17.7 Å². The van der Waals surface area contributed by atoms with Crippen molar-refractivity contribution in [2.45, 2.75) is 25.7 Å². The fourth-order valence-electron chi connectivity index (χ4n) is 2.11. The molecular formula is C13H13ClN2O. The number of benzene rings is 1. The first-order chi connectivity index (χ1) is 8.15. The molecule has 0 unspecified atom stereocenters.